The molecule has 0 saturated heterocycles. The summed E-state index contributed by atoms with van der Waals surface area (Å²) in [6, 6.07) is 1.48. The van der Waals surface area contributed by atoms with Gasteiger partial charge in [-0.05, 0) is 6.07 Å². The monoisotopic (exact) mass is 333 g/mol. The van der Waals surface area contributed by atoms with Gasteiger partial charge in [-0.3, -0.25) is 14.3 Å². The van der Waals surface area contributed by atoms with Crippen molar-refractivity contribution in [1.82, 2.24) is 10.2 Å². The highest BCUT2D eigenvalue weighted by molar-refractivity contribution is 7.84. The van der Waals surface area contributed by atoms with Gasteiger partial charge < -0.3 is 4.42 Å². The summed E-state index contributed by atoms with van der Waals surface area (Å²) in [6.07, 6.45) is -1.96. The van der Waals surface area contributed by atoms with E-state index in [1.807, 2.05) is 0 Å². The number of benzene rings is 1. The van der Waals surface area contributed by atoms with Crippen LogP contribution in [0.15, 0.2) is 21.4 Å². The number of nitrogens with one attached hydrogen (secondary N) is 1. The molecule has 0 saturated carbocycles. The number of hydrogen-bond acceptors (Lipinski definition) is 5. The van der Waals surface area contributed by atoms with E-state index in [0.29, 0.717) is 0 Å². The molecule has 1 heterocycles. The maximum atomic E-state index is 14.2. The molecule has 1 aromatic carbocycles. The van der Waals surface area contributed by atoms with E-state index in [1.165, 1.54) is 6.92 Å². The summed E-state index contributed by atoms with van der Waals surface area (Å²) in [5, 5.41) is 9.09. The Bertz CT molecular complexity index is 748. The van der Waals surface area contributed by atoms with E-state index in [9.17, 15) is 22.2 Å². The third-order valence-corrected chi connectivity index (χ3v) is 3.63. The van der Waals surface area contributed by atoms with Crippen LogP contribution in [-0.2, 0) is 10.8 Å². The van der Waals surface area contributed by atoms with Crippen LogP contribution < -0.4 is 5.32 Å². The number of anilines is 1. The summed E-state index contributed by atoms with van der Waals surface area (Å²) in [5.74, 6) is -2.07. The summed E-state index contributed by atoms with van der Waals surface area (Å²) in [5.41, 5.74) is -1.27. The fourth-order valence-electron chi connectivity index (χ4n) is 1.72. The Kier molecular flexibility index (Phi) is 4.59. The summed E-state index contributed by atoms with van der Waals surface area (Å²) in [7, 11) is -2.03. The van der Waals surface area contributed by atoms with Gasteiger partial charge >= 0.3 is 6.01 Å². The molecule has 1 aromatic heterocycles. The molecule has 0 spiro atoms. The van der Waals surface area contributed by atoms with E-state index in [2.05, 4.69) is 15.5 Å². The lowest BCUT2D eigenvalue weighted by atomic mass is 10.1. The second-order valence-electron chi connectivity index (χ2n) is 4.18. The molecular weight excluding hydrogens is 323 g/mol. The van der Waals surface area contributed by atoms with E-state index in [-0.39, 0.29) is 11.9 Å². The average molecular weight is 333 g/mol. The SMILES string of the molecule is Cc1nnc(NC(=O)c2ccc(C(F)F)c(S(C)=O)c2F)o1. The zero-order chi connectivity index (χ0) is 16.4. The first-order chi connectivity index (χ1) is 10.3. The Morgan fingerprint density at radius 2 is 2.05 bits per heavy atom. The topological polar surface area (TPSA) is 85.1 Å². The van der Waals surface area contributed by atoms with Gasteiger partial charge in [-0.2, -0.15) is 0 Å². The smallest absolute Gasteiger partial charge is 0.322 e. The van der Waals surface area contributed by atoms with Gasteiger partial charge in [0.15, 0.2) is 5.82 Å². The number of carbonyl (C=O) groups is 1. The first kappa shape index (κ1) is 16.1. The molecule has 0 aliphatic heterocycles. The Morgan fingerprint density at radius 3 is 2.55 bits per heavy atom. The zero-order valence-electron chi connectivity index (χ0n) is 11.4. The van der Waals surface area contributed by atoms with Crippen molar-refractivity contribution in [1.29, 1.82) is 0 Å². The standard InChI is InChI=1S/C12H10F3N3O3S/c1-5-17-18-12(21-5)16-11(19)6-3-4-7(10(14)15)9(8(6)13)22(2)20/h3-4,10H,1-2H3,(H,16,18,19). The van der Waals surface area contributed by atoms with E-state index < -0.39 is 45.0 Å². The molecule has 0 aliphatic carbocycles. The van der Waals surface area contributed by atoms with Crippen LogP contribution in [0.3, 0.4) is 0 Å². The lowest BCUT2D eigenvalue weighted by Crippen LogP contribution is -2.16. The van der Waals surface area contributed by atoms with E-state index in [4.69, 9.17) is 4.42 Å². The van der Waals surface area contributed by atoms with E-state index >= 15 is 0 Å². The fourth-order valence-corrected chi connectivity index (χ4v) is 2.57. The van der Waals surface area contributed by atoms with Crippen molar-refractivity contribution >= 4 is 22.7 Å². The lowest BCUT2D eigenvalue weighted by molar-refractivity contribution is 0.101. The second kappa shape index (κ2) is 6.26. The molecule has 0 radical (unpaired) electrons. The number of alkyl halides is 2. The van der Waals surface area contributed by atoms with E-state index in [0.717, 1.165) is 18.4 Å². The minimum absolute atomic E-state index is 0.180. The van der Waals surface area contributed by atoms with Crippen LogP contribution in [0, 0.1) is 12.7 Å². The molecule has 118 valence electrons. The molecule has 22 heavy (non-hydrogen) atoms. The predicted octanol–water partition coefficient (Wildman–Crippen LogP) is 2.44. The quantitative estimate of drug-likeness (QED) is 0.929. The molecule has 1 unspecified atom stereocenters. The number of rotatable bonds is 4. The van der Waals surface area contributed by atoms with Crippen LogP contribution in [0.25, 0.3) is 0 Å². The first-order valence-electron chi connectivity index (χ1n) is 5.86. The second-order valence-corrected chi connectivity index (χ2v) is 5.50. The maximum Gasteiger partial charge on any atom is 0.322 e. The Balaban J connectivity index is 2.41. The highest BCUT2D eigenvalue weighted by Gasteiger charge is 2.25. The summed E-state index contributed by atoms with van der Waals surface area (Å²) < 4.78 is 56.3. The first-order valence-corrected chi connectivity index (χ1v) is 7.42. The van der Waals surface area contributed by atoms with Crippen LogP contribution in [0.4, 0.5) is 19.2 Å². The Labute approximate surface area is 125 Å². The van der Waals surface area contributed by atoms with Crippen molar-refractivity contribution < 1.29 is 26.6 Å². The largest absolute Gasteiger partial charge is 0.408 e. The average Bonchev–Trinajstić information content (AvgIpc) is 2.82. The minimum Gasteiger partial charge on any atom is -0.408 e. The van der Waals surface area contributed by atoms with Crippen molar-refractivity contribution in [3.63, 3.8) is 0 Å². The normalized spacial score (nSPS) is 12.5. The van der Waals surface area contributed by atoms with Crippen molar-refractivity contribution in [2.45, 2.75) is 18.2 Å². The number of aryl methyl sites for hydroxylation is 1. The molecule has 0 bridgehead atoms. The molecular formula is C12H10F3N3O3S. The molecule has 2 aromatic rings. The lowest BCUT2D eigenvalue weighted by Gasteiger charge is -2.10. The van der Waals surface area contributed by atoms with Gasteiger partial charge in [-0.15, -0.1) is 5.10 Å². The molecule has 0 aliphatic rings. The molecule has 0 fully saturated rings. The molecule has 2 rings (SSSR count). The van der Waals surface area contributed by atoms with Gasteiger partial charge in [0.2, 0.25) is 5.89 Å². The number of hydrogen-bond donors (Lipinski definition) is 1. The number of carbonyl (C=O) groups excluding carboxylic acids is 1. The molecule has 10 heteroatoms. The Morgan fingerprint density at radius 1 is 1.36 bits per heavy atom. The van der Waals surface area contributed by atoms with Crippen LogP contribution in [0.2, 0.25) is 0 Å². The van der Waals surface area contributed by atoms with Crippen molar-refractivity contribution in [2.75, 3.05) is 11.6 Å². The summed E-state index contributed by atoms with van der Waals surface area (Å²) in [6.45, 7) is 1.49. The van der Waals surface area contributed by atoms with Crippen molar-refractivity contribution in [3.8, 4) is 0 Å². The number of nitrogens with zero attached hydrogens (tertiary/aromatic N) is 2. The number of aromatic nitrogens is 2. The molecule has 1 N–H and O–H groups in total. The highest BCUT2D eigenvalue weighted by atomic mass is 32.2. The van der Waals surface area contributed by atoms with Gasteiger partial charge in [0.25, 0.3) is 12.3 Å². The van der Waals surface area contributed by atoms with Crippen LogP contribution >= 0.6 is 0 Å². The van der Waals surface area contributed by atoms with Gasteiger partial charge in [-0.1, -0.05) is 11.2 Å². The van der Waals surface area contributed by atoms with Crippen LogP contribution in [0.5, 0.6) is 0 Å². The van der Waals surface area contributed by atoms with Crippen LogP contribution in [-0.4, -0.2) is 26.6 Å². The maximum absolute atomic E-state index is 14.2. The summed E-state index contributed by atoms with van der Waals surface area (Å²) >= 11 is 0. The predicted molar refractivity (Wildman–Crippen MR) is 70.7 cm³/mol. The van der Waals surface area contributed by atoms with Crippen molar-refractivity contribution in [2.24, 2.45) is 0 Å². The minimum atomic E-state index is -3.01. The van der Waals surface area contributed by atoms with Crippen LogP contribution in [0.1, 0.15) is 28.2 Å². The third kappa shape index (κ3) is 3.16. The van der Waals surface area contributed by atoms with Gasteiger partial charge in [0.05, 0.1) is 21.3 Å². The molecule has 6 nitrogen and oxygen atoms in total. The number of halogens is 3. The number of amides is 1. The van der Waals surface area contributed by atoms with E-state index in [1.54, 1.807) is 0 Å². The molecule has 1 atom stereocenters. The highest BCUT2D eigenvalue weighted by Crippen LogP contribution is 2.29. The fraction of sp³-hybridized carbons (Fsp3) is 0.250. The Hall–Kier alpha value is -2.23. The third-order valence-electron chi connectivity index (χ3n) is 2.64. The van der Waals surface area contributed by atoms with Gasteiger partial charge in [0.1, 0.15) is 0 Å². The molecule has 1 amide bonds. The van der Waals surface area contributed by atoms with Gasteiger partial charge in [0, 0.05) is 18.7 Å². The van der Waals surface area contributed by atoms with Gasteiger partial charge in [-0.25, -0.2) is 13.2 Å². The van der Waals surface area contributed by atoms with Crippen molar-refractivity contribution in [3.05, 3.63) is 35.0 Å². The summed E-state index contributed by atoms with van der Waals surface area (Å²) in [4.78, 5) is 11.2. The zero-order valence-corrected chi connectivity index (χ0v) is 12.2.